The summed E-state index contributed by atoms with van der Waals surface area (Å²) in [5, 5.41) is 37.0. The Hall–Kier alpha value is -4.52. The molecule has 14 N–H and O–H groups in total. The van der Waals surface area contributed by atoms with Gasteiger partial charge in [0, 0.05) is 6.54 Å². The number of amides is 5. The molecule has 0 spiro atoms. The van der Waals surface area contributed by atoms with Crippen LogP contribution in [0.5, 0.6) is 0 Å². The van der Waals surface area contributed by atoms with Crippen LogP contribution in [0.2, 0.25) is 0 Å². The largest absolute Gasteiger partial charge is 0.481 e. The van der Waals surface area contributed by atoms with Crippen molar-refractivity contribution in [3.63, 3.8) is 0 Å². The fourth-order valence-electron chi connectivity index (χ4n) is 3.93. The number of guanidine groups is 1. The molecule has 0 unspecified atom stereocenters. The second-order valence-corrected chi connectivity index (χ2v) is 9.06. The molecule has 5 amide bonds. The van der Waals surface area contributed by atoms with Gasteiger partial charge in [-0.15, -0.1) is 0 Å². The van der Waals surface area contributed by atoms with Crippen molar-refractivity contribution >= 4 is 47.4 Å². The third kappa shape index (κ3) is 12.0. The molecule has 1 heterocycles. The number of hydrogen-bond acceptors (Lipinski definition) is 9. The van der Waals surface area contributed by atoms with Gasteiger partial charge >= 0.3 is 17.9 Å². The summed E-state index contributed by atoms with van der Waals surface area (Å²) in [4.78, 5) is 88.5. The molecule has 1 aliphatic heterocycles. The van der Waals surface area contributed by atoms with E-state index in [1.165, 1.54) is 0 Å². The summed E-state index contributed by atoms with van der Waals surface area (Å²) in [5.41, 5.74) is 15.9. The highest BCUT2D eigenvalue weighted by atomic mass is 16.4. The highest BCUT2D eigenvalue weighted by Crippen LogP contribution is 2.18. The number of carbonyl (C=O) groups excluding carboxylic acids is 5. The Morgan fingerprint density at radius 2 is 1.59 bits per heavy atom. The first kappa shape index (κ1) is 34.5. The van der Waals surface area contributed by atoms with Crippen LogP contribution in [0.25, 0.3) is 0 Å². The summed E-state index contributed by atoms with van der Waals surface area (Å²) in [6.07, 6.45) is 0.115. The number of aliphatic carboxylic acids is 2. The zero-order valence-corrected chi connectivity index (χ0v) is 22.3. The van der Waals surface area contributed by atoms with Crippen molar-refractivity contribution in [2.75, 3.05) is 32.8 Å². The van der Waals surface area contributed by atoms with E-state index < -0.39 is 91.8 Å². The normalized spacial score (nSPS) is 16.4. The summed E-state index contributed by atoms with van der Waals surface area (Å²) in [6, 6.07) is -5.54. The van der Waals surface area contributed by atoms with Gasteiger partial charge < -0.3 is 47.2 Å². The van der Waals surface area contributed by atoms with E-state index in [0.29, 0.717) is 12.8 Å². The number of carbonyl (C=O) groups is 7. The zero-order valence-electron chi connectivity index (χ0n) is 22.3. The summed E-state index contributed by atoms with van der Waals surface area (Å²) in [7, 11) is 0. The maximum Gasteiger partial charge on any atom is 0.338 e. The van der Waals surface area contributed by atoms with Gasteiger partial charge in [0.2, 0.25) is 29.5 Å². The molecular formula is C22H38N9O10+. The van der Waals surface area contributed by atoms with Gasteiger partial charge in [0.15, 0.2) is 0 Å². The van der Waals surface area contributed by atoms with Crippen molar-refractivity contribution in [1.82, 2.24) is 26.2 Å². The number of carboxylic acid groups (broad SMARTS) is 2. The Labute approximate surface area is 234 Å². The number of aliphatic hydroxyl groups excluding tert-OH is 1. The maximum atomic E-state index is 12.8. The number of nitrogens with two attached hydrogens (primary N) is 3. The number of carboxylic acids is 2. The minimum Gasteiger partial charge on any atom is -0.481 e. The molecule has 4 atom stereocenters. The first-order valence-electron chi connectivity index (χ1n) is 12.6. The average molecular weight is 589 g/mol. The second-order valence-electron chi connectivity index (χ2n) is 9.06. The van der Waals surface area contributed by atoms with Crippen molar-refractivity contribution in [3.8, 4) is 0 Å². The molecule has 0 radical (unpaired) electrons. The predicted molar refractivity (Wildman–Crippen MR) is 138 cm³/mol. The van der Waals surface area contributed by atoms with Crippen molar-refractivity contribution < 1.29 is 53.9 Å². The SMILES string of the molecule is NCC(=O)N[C@@H](CCC[NH+]=C(N)N)C(=O)NCC(=O)N[C@@H](CC(=O)O)C(=O)N[C@@H](CO)C(=O)N1CCC[C@H]1C(=O)O. The summed E-state index contributed by atoms with van der Waals surface area (Å²) in [5.74, 6) is -7.18. The number of nitrogens with zero attached hydrogens (tertiary/aromatic N) is 1. The van der Waals surface area contributed by atoms with Crippen molar-refractivity contribution in [1.29, 1.82) is 0 Å². The molecule has 19 nitrogen and oxygen atoms in total. The number of rotatable bonds is 17. The van der Waals surface area contributed by atoms with Gasteiger partial charge in [-0.25, -0.2) is 4.79 Å². The van der Waals surface area contributed by atoms with E-state index in [1.54, 1.807) is 0 Å². The van der Waals surface area contributed by atoms with Crippen LogP contribution in [0.1, 0.15) is 32.1 Å². The van der Waals surface area contributed by atoms with Crippen LogP contribution in [-0.2, 0) is 33.6 Å². The molecule has 1 fully saturated rings. The van der Waals surface area contributed by atoms with E-state index in [-0.39, 0.29) is 31.9 Å². The Bertz CT molecular complexity index is 1020. The van der Waals surface area contributed by atoms with E-state index in [2.05, 4.69) is 26.3 Å². The second kappa shape index (κ2) is 17.2. The fraction of sp³-hybridized carbons (Fsp3) is 0.636. The van der Waals surface area contributed by atoms with Gasteiger partial charge in [0.1, 0.15) is 24.2 Å². The van der Waals surface area contributed by atoms with Crippen molar-refractivity contribution in [2.45, 2.75) is 56.3 Å². The zero-order chi connectivity index (χ0) is 31.1. The minimum atomic E-state index is -1.72. The van der Waals surface area contributed by atoms with Gasteiger partial charge in [-0.05, 0) is 25.7 Å². The Kier molecular flexibility index (Phi) is 14.5. The molecule has 0 aromatic carbocycles. The van der Waals surface area contributed by atoms with Gasteiger partial charge in [0.05, 0.1) is 32.7 Å². The molecule has 230 valence electrons. The molecular weight excluding hydrogens is 550 g/mol. The quantitative estimate of drug-likeness (QED) is 0.0428. The van der Waals surface area contributed by atoms with E-state index in [9.17, 15) is 48.9 Å². The lowest BCUT2D eigenvalue weighted by molar-refractivity contribution is -0.459. The van der Waals surface area contributed by atoms with Gasteiger partial charge in [0.25, 0.3) is 0 Å². The minimum absolute atomic E-state index is 0.0382. The lowest BCUT2D eigenvalue weighted by Crippen LogP contribution is -2.78. The van der Waals surface area contributed by atoms with Crippen LogP contribution in [0.3, 0.4) is 0 Å². The van der Waals surface area contributed by atoms with Gasteiger partial charge in [-0.2, -0.15) is 0 Å². The number of nitrogens with one attached hydrogen (secondary N) is 5. The third-order valence-corrected chi connectivity index (χ3v) is 5.91. The lowest BCUT2D eigenvalue weighted by Gasteiger charge is -2.27. The van der Waals surface area contributed by atoms with Crippen LogP contribution in [0, 0.1) is 0 Å². The summed E-state index contributed by atoms with van der Waals surface area (Å²) < 4.78 is 0. The number of hydrogen-bond donors (Lipinski definition) is 11. The lowest BCUT2D eigenvalue weighted by atomic mass is 10.1. The highest BCUT2D eigenvalue weighted by Gasteiger charge is 2.38. The number of aliphatic hydroxyl groups is 1. The van der Waals surface area contributed by atoms with Crippen LogP contribution in [0.4, 0.5) is 0 Å². The van der Waals surface area contributed by atoms with Crippen LogP contribution in [0.15, 0.2) is 0 Å². The first-order valence-corrected chi connectivity index (χ1v) is 12.6. The molecule has 1 rings (SSSR count). The Morgan fingerprint density at radius 3 is 2.15 bits per heavy atom. The fourth-order valence-corrected chi connectivity index (χ4v) is 3.93. The molecule has 1 saturated heterocycles. The Morgan fingerprint density at radius 1 is 0.927 bits per heavy atom. The molecule has 0 aliphatic carbocycles. The molecule has 1 aliphatic rings. The van der Waals surface area contributed by atoms with Crippen molar-refractivity contribution in [2.24, 2.45) is 17.2 Å². The summed E-state index contributed by atoms with van der Waals surface area (Å²) >= 11 is 0. The molecule has 19 heteroatoms. The number of likely N-dealkylation sites (tertiary alicyclic amines) is 1. The van der Waals surface area contributed by atoms with E-state index in [1.807, 2.05) is 0 Å². The maximum absolute atomic E-state index is 12.8. The van der Waals surface area contributed by atoms with E-state index >= 15 is 0 Å². The van der Waals surface area contributed by atoms with E-state index in [4.69, 9.17) is 17.2 Å². The monoisotopic (exact) mass is 588 g/mol. The first-order chi connectivity index (χ1) is 19.3. The van der Waals surface area contributed by atoms with Gasteiger partial charge in [-0.1, -0.05) is 0 Å². The van der Waals surface area contributed by atoms with Crippen LogP contribution >= 0.6 is 0 Å². The average Bonchev–Trinajstić information content (AvgIpc) is 3.41. The topological polar surface area (TPSA) is 324 Å². The molecule has 0 aromatic heterocycles. The highest BCUT2D eigenvalue weighted by molar-refractivity contribution is 5.96. The third-order valence-electron chi connectivity index (χ3n) is 5.91. The standard InChI is InChI=1S/C22H37N9O10/c23-8-15(33)28-11(3-1-5-26-22(24)25)18(37)27-9-16(34)29-12(7-17(35)36)19(38)30-13(10-32)20(39)31-6-2-4-14(31)21(40)41/h11-14,32H,1-10,23H2,(H,27,37)(H,28,33)(H,29,34)(H,30,38)(H,35,36)(H,40,41)(H4,24,25,26)/p+1/t11-,12-,13-,14-/m0/s1. The smallest absolute Gasteiger partial charge is 0.338 e. The predicted octanol–water partition coefficient (Wildman–Crippen LogP) is -7.81. The van der Waals surface area contributed by atoms with E-state index in [0.717, 1.165) is 4.90 Å². The summed E-state index contributed by atoms with van der Waals surface area (Å²) in [6.45, 7) is -1.67. The van der Waals surface area contributed by atoms with Crippen LogP contribution < -0.4 is 43.5 Å². The Balaban J connectivity index is 2.82. The molecule has 41 heavy (non-hydrogen) atoms. The van der Waals surface area contributed by atoms with Crippen molar-refractivity contribution in [3.05, 3.63) is 0 Å². The molecule has 0 bridgehead atoms. The molecule has 0 aromatic rings. The van der Waals surface area contributed by atoms with Gasteiger partial charge in [-0.3, -0.25) is 45.2 Å². The van der Waals surface area contributed by atoms with Crippen LogP contribution in [-0.4, -0.2) is 125 Å². The molecule has 0 saturated carbocycles.